The van der Waals surface area contributed by atoms with Crippen molar-refractivity contribution in [3.05, 3.63) is 44.9 Å². The lowest BCUT2D eigenvalue weighted by molar-refractivity contribution is -0.139. The lowest BCUT2D eigenvalue weighted by atomic mass is 10.1. The van der Waals surface area contributed by atoms with Gasteiger partial charge in [0.15, 0.2) is 6.10 Å². The third kappa shape index (κ3) is 1.64. The first-order valence-electron chi connectivity index (χ1n) is 4.01. The Labute approximate surface area is 98.2 Å². The summed E-state index contributed by atoms with van der Waals surface area (Å²) in [5, 5.41) is 0. The molecule has 2 nitrogen and oxygen atoms in total. The normalized spacial score (nSPS) is 21.3. The van der Waals surface area contributed by atoms with Crippen molar-refractivity contribution < 1.29 is 9.53 Å². The van der Waals surface area contributed by atoms with E-state index in [-0.39, 0.29) is 12.1 Å². The van der Waals surface area contributed by atoms with E-state index in [1.165, 1.54) is 0 Å². The summed E-state index contributed by atoms with van der Waals surface area (Å²) in [6, 6.07) is 9.59. The van der Waals surface area contributed by atoms with Crippen molar-refractivity contribution >= 4 is 37.8 Å². The second-order valence-electron chi connectivity index (χ2n) is 2.86. The zero-order chi connectivity index (χ0) is 10.1. The van der Waals surface area contributed by atoms with Gasteiger partial charge in [-0.1, -0.05) is 30.3 Å². The maximum atomic E-state index is 11.2. The summed E-state index contributed by atoms with van der Waals surface area (Å²) in [4.78, 5) is 11.2. The van der Waals surface area contributed by atoms with Crippen molar-refractivity contribution in [2.24, 2.45) is 0 Å². The molecule has 0 amide bonds. The molecule has 72 valence electrons. The monoisotopic (exact) mass is 316 g/mol. The summed E-state index contributed by atoms with van der Waals surface area (Å²) in [7, 11) is 0. The zero-order valence-corrected chi connectivity index (χ0v) is 10.2. The van der Waals surface area contributed by atoms with Crippen LogP contribution in [0.2, 0.25) is 0 Å². The largest absolute Gasteiger partial charge is 0.448 e. The van der Waals surface area contributed by atoms with E-state index in [9.17, 15) is 4.79 Å². The van der Waals surface area contributed by atoms with Gasteiger partial charge >= 0.3 is 5.97 Å². The van der Waals surface area contributed by atoms with Crippen LogP contribution in [-0.2, 0) is 9.53 Å². The number of halogens is 2. The highest BCUT2D eigenvalue weighted by Gasteiger charge is 2.32. The van der Waals surface area contributed by atoms with Gasteiger partial charge in [-0.25, -0.2) is 4.79 Å². The van der Waals surface area contributed by atoms with Crippen LogP contribution in [0.25, 0.3) is 0 Å². The van der Waals surface area contributed by atoms with Crippen LogP contribution in [0, 0.1) is 0 Å². The smallest absolute Gasteiger partial charge is 0.347 e. The Morgan fingerprint density at radius 3 is 2.29 bits per heavy atom. The highest BCUT2D eigenvalue weighted by molar-refractivity contribution is 9.14. The first-order valence-corrected chi connectivity index (χ1v) is 5.60. The second kappa shape index (κ2) is 3.87. The van der Waals surface area contributed by atoms with Gasteiger partial charge in [-0.2, -0.15) is 0 Å². The molecule has 1 aromatic carbocycles. The molecular weight excluding hydrogens is 312 g/mol. The SMILES string of the molecule is O=C1OC(c2ccccc2)C(Br)=C1Br. The summed E-state index contributed by atoms with van der Waals surface area (Å²) in [6.45, 7) is 0. The third-order valence-electron chi connectivity index (χ3n) is 1.95. The first kappa shape index (κ1) is 9.93. The predicted molar refractivity (Wildman–Crippen MR) is 60.2 cm³/mol. The summed E-state index contributed by atoms with van der Waals surface area (Å²) >= 11 is 6.50. The van der Waals surface area contributed by atoms with Crippen LogP contribution in [0.3, 0.4) is 0 Å². The summed E-state index contributed by atoms with van der Waals surface area (Å²) in [5.41, 5.74) is 0.960. The van der Waals surface area contributed by atoms with Gasteiger partial charge in [0.2, 0.25) is 0 Å². The summed E-state index contributed by atoms with van der Waals surface area (Å²) in [5.74, 6) is -0.328. The van der Waals surface area contributed by atoms with Crippen molar-refractivity contribution in [3.63, 3.8) is 0 Å². The number of carbonyl (C=O) groups is 1. The fourth-order valence-electron chi connectivity index (χ4n) is 1.27. The van der Waals surface area contributed by atoms with Crippen molar-refractivity contribution in [1.82, 2.24) is 0 Å². The molecule has 1 atom stereocenters. The molecule has 0 aliphatic carbocycles. The van der Waals surface area contributed by atoms with E-state index in [4.69, 9.17) is 4.74 Å². The molecule has 0 saturated heterocycles. The molecule has 2 rings (SSSR count). The van der Waals surface area contributed by atoms with Crippen molar-refractivity contribution in [1.29, 1.82) is 0 Å². The van der Waals surface area contributed by atoms with Crippen LogP contribution >= 0.6 is 31.9 Å². The minimum atomic E-state index is -0.328. The Morgan fingerprint density at radius 1 is 1.14 bits per heavy atom. The van der Waals surface area contributed by atoms with Crippen molar-refractivity contribution in [3.8, 4) is 0 Å². The molecule has 0 fully saturated rings. The number of benzene rings is 1. The molecule has 14 heavy (non-hydrogen) atoms. The highest BCUT2D eigenvalue weighted by Crippen LogP contribution is 2.40. The molecule has 4 heteroatoms. The fourth-order valence-corrected chi connectivity index (χ4v) is 2.09. The van der Waals surface area contributed by atoms with E-state index in [1.54, 1.807) is 0 Å². The van der Waals surface area contributed by atoms with Gasteiger partial charge in [-0.15, -0.1) is 0 Å². The lowest BCUT2D eigenvalue weighted by Crippen LogP contribution is -2.01. The van der Waals surface area contributed by atoms with E-state index in [2.05, 4.69) is 31.9 Å². The van der Waals surface area contributed by atoms with Gasteiger partial charge in [0.1, 0.15) is 4.48 Å². The molecular formula is C10H6Br2O2. The minimum Gasteiger partial charge on any atom is -0.448 e. The topological polar surface area (TPSA) is 26.3 Å². The number of hydrogen-bond donors (Lipinski definition) is 0. The van der Waals surface area contributed by atoms with E-state index < -0.39 is 0 Å². The molecule has 0 bridgehead atoms. The molecule has 1 unspecified atom stereocenters. The van der Waals surface area contributed by atoms with E-state index >= 15 is 0 Å². The van der Waals surface area contributed by atoms with Crippen LogP contribution in [0.15, 0.2) is 39.3 Å². The summed E-state index contributed by atoms with van der Waals surface area (Å²) in [6.07, 6.45) is -0.307. The Morgan fingerprint density at radius 2 is 1.79 bits per heavy atom. The molecule has 0 spiro atoms. The molecule has 1 heterocycles. The van der Waals surface area contributed by atoms with Gasteiger partial charge in [-0.05, 0) is 37.4 Å². The zero-order valence-electron chi connectivity index (χ0n) is 7.04. The standard InChI is InChI=1S/C10H6Br2O2/c11-7-8(12)10(13)14-9(7)6-4-2-1-3-5-6/h1-5,9H. The Kier molecular flexibility index (Phi) is 2.74. The predicted octanol–water partition coefficient (Wildman–Crippen LogP) is 3.29. The number of cyclic esters (lactones) is 1. The maximum Gasteiger partial charge on any atom is 0.347 e. The van der Waals surface area contributed by atoms with E-state index in [1.807, 2.05) is 30.3 Å². The lowest BCUT2D eigenvalue weighted by Gasteiger charge is -2.09. The molecule has 0 N–H and O–H groups in total. The van der Waals surface area contributed by atoms with E-state index in [0.717, 1.165) is 10.0 Å². The van der Waals surface area contributed by atoms with Crippen LogP contribution in [0.5, 0.6) is 0 Å². The summed E-state index contributed by atoms with van der Waals surface area (Å²) < 4.78 is 6.37. The quantitative estimate of drug-likeness (QED) is 0.743. The molecule has 0 aromatic heterocycles. The van der Waals surface area contributed by atoms with Gasteiger partial charge in [0.05, 0.1) is 4.48 Å². The van der Waals surface area contributed by atoms with Crippen LogP contribution in [0.1, 0.15) is 11.7 Å². The first-order chi connectivity index (χ1) is 6.70. The second-order valence-corrected chi connectivity index (χ2v) is 4.51. The average molecular weight is 318 g/mol. The number of ether oxygens (including phenoxy) is 1. The third-order valence-corrected chi connectivity index (χ3v) is 4.04. The number of carbonyl (C=O) groups excluding carboxylic acids is 1. The molecule has 1 aliphatic rings. The van der Waals surface area contributed by atoms with Gasteiger partial charge in [-0.3, -0.25) is 0 Å². The van der Waals surface area contributed by atoms with Gasteiger partial charge in [0, 0.05) is 0 Å². The number of hydrogen-bond acceptors (Lipinski definition) is 2. The molecule has 1 aliphatic heterocycles. The average Bonchev–Trinajstić information content (AvgIpc) is 2.47. The van der Waals surface area contributed by atoms with Crippen molar-refractivity contribution in [2.45, 2.75) is 6.10 Å². The Hall–Kier alpha value is -0.610. The van der Waals surface area contributed by atoms with Gasteiger partial charge in [0.25, 0.3) is 0 Å². The van der Waals surface area contributed by atoms with E-state index in [0.29, 0.717) is 4.48 Å². The number of rotatable bonds is 1. The molecule has 0 saturated carbocycles. The highest BCUT2D eigenvalue weighted by atomic mass is 79.9. The maximum absolute atomic E-state index is 11.2. The minimum absolute atomic E-state index is 0.307. The van der Waals surface area contributed by atoms with Gasteiger partial charge < -0.3 is 4.74 Å². The molecule has 1 aromatic rings. The Balaban J connectivity index is 2.36. The fraction of sp³-hybridized carbons (Fsp3) is 0.100. The Bertz CT molecular complexity index is 398. The van der Waals surface area contributed by atoms with Crippen molar-refractivity contribution in [2.75, 3.05) is 0 Å². The molecule has 0 radical (unpaired) electrons. The van der Waals surface area contributed by atoms with Crippen LogP contribution in [-0.4, -0.2) is 5.97 Å². The number of esters is 1. The van der Waals surface area contributed by atoms with Crippen LogP contribution < -0.4 is 0 Å². The van der Waals surface area contributed by atoms with Crippen LogP contribution in [0.4, 0.5) is 0 Å².